The molecule has 4 heteroatoms. The average Bonchev–Trinajstić information content (AvgIpc) is 2.48. The van der Waals surface area contributed by atoms with Crippen LogP contribution in [-0.4, -0.2) is 41.4 Å². The molecule has 0 spiro atoms. The molecule has 1 aliphatic rings. The molecule has 12 heavy (non-hydrogen) atoms. The van der Waals surface area contributed by atoms with Gasteiger partial charge >= 0.3 is 5.97 Å². The Kier molecular flexibility index (Phi) is 3.22. The first-order valence-corrected chi connectivity index (χ1v) is 4.16. The summed E-state index contributed by atoms with van der Waals surface area (Å²) < 4.78 is 0. The van der Waals surface area contributed by atoms with Crippen LogP contribution in [0, 0.1) is 0 Å². The molecule has 0 aromatic carbocycles. The molecule has 0 amide bonds. The van der Waals surface area contributed by atoms with Crippen molar-refractivity contribution in [3.63, 3.8) is 0 Å². The highest BCUT2D eigenvalue weighted by Crippen LogP contribution is 2.16. The van der Waals surface area contributed by atoms with Gasteiger partial charge in [-0.3, -0.25) is 9.69 Å². The number of rotatable bonds is 4. The van der Waals surface area contributed by atoms with Gasteiger partial charge in [-0.1, -0.05) is 0 Å². The van der Waals surface area contributed by atoms with E-state index in [1.165, 1.54) is 0 Å². The second-order valence-corrected chi connectivity index (χ2v) is 2.99. The summed E-state index contributed by atoms with van der Waals surface area (Å²) in [5.74, 6) is -0.765. The van der Waals surface area contributed by atoms with Crippen molar-refractivity contribution in [1.29, 1.82) is 0 Å². The lowest BCUT2D eigenvalue weighted by molar-refractivity contribution is -0.142. The summed E-state index contributed by atoms with van der Waals surface area (Å²) in [7, 11) is 0. The molecule has 0 aromatic heterocycles. The van der Waals surface area contributed by atoms with Crippen LogP contribution in [0.5, 0.6) is 0 Å². The zero-order valence-corrected chi connectivity index (χ0v) is 6.90. The van der Waals surface area contributed by atoms with Gasteiger partial charge in [0.05, 0.1) is 0 Å². The van der Waals surface area contributed by atoms with Crippen LogP contribution in [0.15, 0.2) is 0 Å². The number of nitrogens with zero attached hydrogens (tertiary/aromatic N) is 1. The molecule has 1 aliphatic heterocycles. The monoisotopic (exact) mass is 171 g/mol. The average molecular weight is 171 g/mol. The normalized spacial score (nSPS) is 24.2. The Labute approximate surface area is 71.2 Å². The smallest absolute Gasteiger partial charge is 0.320 e. The Morgan fingerprint density at radius 2 is 2.42 bits per heavy atom. The van der Waals surface area contributed by atoms with E-state index < -0.39 is 5.97 Å². The number of carbonyl (C=O) groups is 2. The molecule has 1 rings (SSSR count). The third kappa shape index (κ3) is 2.04. The number of likely N-dealkylation sites (tertiary alicyclic amines) is 1. The van der Waals surface area contributed by atoms with Crippen LogP contribution in [0.3, 0.4) is 0 Å². The van der Waals surface area contributed by atoms with Gasteiger partial charge in [0.1, 0.15) is 12.3 Å². The van der Waals surface area contributed by atoms with Crippen molar-refractivity contribution in [2.24, 2.45) is 0 Å². The molecule has 1 heterocycles. The summed E-state index contributed by atoms with van der Waals surface area (Å²) in [4.78, 5) is 22.6. The van der Waals surface area contributed by atoms with Gasteiger partial charge in [0.25, 0.3) is 0 Å². The lowest BCUT2D eigenvalue weighted by atomic mass is 10.2. The second kappa shape index (κ2) is 4.21. The van der Waals surface area contributed by atoms with Gasteiger partial charge in [-0.05, 0) is 19.4 Å². The predicted molar refractivity (Wildman–Crippen MR) is 42.9 cm³/mol. The SMILES string of the molecule is O=CCCN1CCCC1C(=O)O. The molecule has 0 radical (unpaired) electrons. The molecular weight excluding hydrogens is 158 g/mol. The van der Waals surface area contributed by atoms with E-state index in [-0.39, 0.29) is 6.04 Å². The molecule has 4 nitrogen and oxygen atoms in total. The van der Waals surface area contributed by atoms with Gasteiger partial charge in [-0.25, -0.2) is 0 Å². The first-order valence-electron chi connectivity index (χ1n) is 4.16. The Balaban J connectivity index is 2.40. The zero-order chi connectivity index (χ0) is 8.97. The number of hydrogen-bond acceptors (Lipinski definition) is 3. The van der Waals surface area contributed by atoms with Crippen molar-refractivity contribution in [3.8, 4) is 0 Å². The number of hydrogen-bond donors (Lipinski definition) is 1. The fourth-order valence-corrected chi connectivity index (χ4v) is 1.59. The molecule has 1 fully saturated rings. The molecule has 1 N–H and O–H groups in total. The zero-order valence-electron chi connectivity index (χ0n) is 6.90. The lowest BCUT2D eigenvalue weighted by Gasteiger charge is -2.19. The minimum atomic E-state index is -0.765. The van der Waals surface area contributed by atoms with Crippen molar-refractivity contribution in [1.82, 2.24) is 4.90 Å². The first kappa shape index (κ1) is 9.19. The molecule has 68 valence electrons. The van der Waals surface area contributed by atoms with E-state index in [0.29, 0.717) is 19.4 Å². The molecule has 0 bridgehead atoms. The highest BCUT2D eigenvalue weighted by atomic mass is 16.4. The Bertz CT molecular complexity index is 181. The minimum absolute atomic E-state index is 0.357. The van der Waals surface area contributed by atoms with Gasteiger partial charge < -0.3 is 9.90 Å². The van der Waals surface area contributed by atoms with Gasteiger partial charge in [-0.2, -0.15) is 0 Å². The van der Waals surface area contributed by atoms with Crippen LogP contribution in [0.25, 0.3) is 0 Å². The Morgan fingerprint density at radius 1 is 1.67 bits per heavy atom. The minimum Gasteiger partial charge on any atom is -0.480 e. The highest BCUT2D eigenvalue weighted by Gasteiger charge is 2.29. The quantitative estimate of drug-likeness (QED) is 0.610. The van der Waals surface area contributed by atoms with E-state index in [4.69, 9.17) is 5.11 Å². The van der Waals surface area contributed by atoms with Crippen LogP contribution in [0.1, 0.15) is 19.3 Å². The number of carboxylic acids is 1. The summed E-state index contributed by atoms with van der Waals surface area (Å²) in [6.45, 7) is 1.39. The molecule has 0 aromatic rings. The molecule has 1 atom stereocenters. The largest absolute Gasteiger partial charge is 0.480 e. The number of carbonyl (C=O) groups excluding carboxylic acids is 1. The number of aldehydes is 1. The van der Waals surface area contributed by atoms with E-state index in [9.17, 15) is 9.59 Å². The van der Waals surface area contributed by atoms with E-state index in [1.54, 1.807) is 0 Å². The standard InChI is InChI=1S/C8H13NO3/c10-6-2-5-9-4-1-3-7(9)8(11)12/h6-7H,1-5H2,(H,11,12). The third-order valence-electron chi connectivity index (χ3n) is 2.18. The first-order chi connectivity index (χ1) is 5.75. The van der Waals surface area contributed by atoms with Crippen LogP contribution in [0.4, 0.5) is 0 Å². The van der Waals surface area contributed by atoms with E-state index >= 15 is 0 Å². The summed E-state index contributed by atoms with van der Waals surface area (Å²) in [6, 6.07) is -0.357. The maximum atomic E-state index is 10.6. The van der Waals surface area contributed by atoms with Crippen molar-refractivity contribution in [2.45, 2.75) is 25.3 Å². The Morgan fingerprint density at radius 3 is 3.00 bits per heavy atom. The van der Waals surface area contributed by atoms with Gasteiger partial charge in [0.15, 0.2) is 0 Å². The van der Waals surface area contributed by atoms with Gasteiger partial charge in [0, 0.05) is 13.0 Å². The molecule has 0 aliphatic carbocycles. The summed E-state index contributed by atoms with van der Waals surface area (Å²) >= 11 is 0. The number of carboxylic acid groups (broad SMARTS) is 1. The molecule has 1 saturated heterocycles. The summed E-state index contributed by atoms with van der Waals surface area (Å²) in [5, 5.41) is 8.75. The lowest BCUT2D eigenvalue weighted by Crippen LogP contribution is -2.36. The fourth-order valence-electron chi connectivity index (χ4n) is 1.59. The van der Waals surface area contributed by atoms with Crippen molar-refractivity contribution >= 4 is 12.3 Å². The van der Waals surface area contributed by atoms with Gasteiger partial charge in [-0.15, -0.1) is 0 Å². The fraction of sp³-hybridized carbons (Fsp3) is 0.750. The van der Waals surface area contributed by atoms with E-state index in [2.05, 4.69) is 0 Å². The van der Waals surface area contributed by atoms with Crippen LogP contribution in [0.2, 0.25) is 0 Å². The molecule has 1 unspecified atom stereocenters. The molecule has 0 saturated carbocycles. The second-order valence-electron chi connectivity index (χ2n) is 2.99. The maximum absolute atomic E-state index is 10.6. The van der Waals surface area contributed by atoms with Crippen molar-refractivity contribution < 1.29 is 14.7 Å². The predicted octanol–water partition coefficient (Wildman–Crippen LogP) is 0.124. The number of aliphatic carboxylic acids is 1. The van der Waals surface area contributed by atoms with Crippen LogP contribution in [-0.2, 0) is 9.59 Å². The summed E-state index contributed by atoms with van der Waals surface area (Å²) in [5.41, 5.74) is 0. The van der Waals surface area contributed by atoms with Crippen LogP contribution < -0.4 is 0 Å². The van der Waals surface area contributed by atoms with E-state index in [1.807, 2.05) is 4.90 Å². The summed E-state index contributed by atoms with van der Waals surface area (Å²) in [6.07, 6.45) is 2.91. The van der Waals surface area contributed by atoms with Crippen molar-refractivity contribution in [2.75, 3.05) is 13.1 Å². The van der Waals surface area contributed by atoms with E-state index in [0.717, 1.165) is 19.3 Å². The Hall–Kier alpha value is -0.900. The molecular formula is C8H13NO3. The van der Waals surface area contributed by atoms with Crippen molar-refractivity contribution in [3.05, 3.63) is 0 Å². The highest BCUT2D eigenvalue weighted by molar-refractivity contribution is 5.73. The maximum Gasteiger partial charge on any atom is 0.320 e. The van der Waals surface area contributed by atoms with Gasteiger partial charge in [0.2, 0.25) is 0 Å². The topological polar surface area (TPSA) is 57.6 Å². The third-order valence-corrected chi connectivity index (χ3v) is 2.18. The van der Waals surface area contributed by atoms with Crippen LogP contribution >= 0.6 is 0 Å².